The predicted octanol–water partition coefficient (Wildman–Crippen LogP) is 1.56. The highest BCUT2D eigenvalue weighted by Crippen LogP contribution is 2.14. The minimum absolute atomic E-state index is 0.0317. The lowest BCUT2D eigenvalue weighted by Gasteiger charge is -2.22. The number of carboxylic acid groups (broad SMARTS) is 1. The van der Waals surface area contributed by atoms with Gasteiger partial charge in [0.2, 0.25) is 0 Å². The highest BCUT2D eigenvalue weighted by Gasteiger charge is 2.13. The average molecular weight is 246 g/mol. The fourth-order valence-corrected chi connectivity index (χ4v) is 1.28. The van der Waals surface area contributed by atoms with Crippen molar-refractivity contribution in [2.45, 2.75) is 39.4 Å². The molecule has 1 saturated heterocycles. The summed E-state index contributed by atoms with van der Waals surface area (Å²) >= 11 is 0. The van der Waals surface area contributed by atoms with Gasteiger partial charge in [0, 0.05) is 13.5 Å². The van der Waals surface area contributed by atoms with Gasteiger partial charge in [0.05, 0.1) is 13.2 Å². The second kappa shape index (κ2) is 10.3. The number of hydrogen-bond donors (Lipinski definition) is 2. The van der Waals surface area contributed by atoms with E-state index in [1.54, 1.807) is 6.08 Å². The third-order valence-electron chi connectivity index (χ3n) is 2.07. The monoisotopic (exact) mass is 246 g/mol. The molecule has 1 heterocycles. The molecule has 0 radical (unpaired) electrons. The van der Waals surface area contributed by atoms with E-state index in [0.29, 0.717) is 6.61 Å². The van der Waals surface area contributed by atoms with Crippen molar-refractivity contribution in [3.8, 4) is 0 Å². The minimum atomic E-state index is -0.833. The van der Waals surface area contributed by atoms with Gasteiger partial charge in [0.25, 0.3) is 5.97 Å². The second-order valence-electron chi connectivity index (χ2n) is 3.86. The largest absolute Gasteiger partial charge is 0.481 e. The lowest BCUT2D eigenvalue weighted by molar-refractivity contribution is -0.156. The summed E-state index contributed by atoms with van der Waals surface area (Å²) in [5.74, 6) is -0.833. The first-order valence-electron chi connectivity index (χ1n) is 5.75. The zero-order valence-electron chi connectivity index (χ0n) is 10.5. The molecule has 1 atom stereocenters. The maximum atomic E-state index is 9.00. The summed E-state index contributed by atoms with van der Waals surface area (Å²) in [6.07, 6.45) is 5.05. The van der Waals surface area contributed by atoms with E-state index in [-0.39, 0.29) is 12.9 Å². The zero-order valence-corrected chi connectivity index (χ0v) is 10.5. The number of carboxylic acids is 1. The molecule has 0 aliphatic carbocycles. The summed E-state index contributed by atoms with van der Waals surface area (Å²) in [4.78, 5) is 9.00. The van der Waals surface area contributed by atoms with Crippen molar-refractivity contribution in [2.75, 3.05) is 19.8 Å². The minimum Gasteiger partial charge on any atom is -0.481 e. The number of hydrogen-bond acceptors (Lipinski definition) is 4. The Bertz CT molecular complexity index is 227. The highest BCUT2D eigenvalue weighted by molar-refractivity contribution is 5.62. The Balaban J connectivity index is 0.000000557. The van der Waals surface area contributed by atoms with E-state index in [1.807, 2.05) is 6.92 Å². The summed E-state index contributed by atoms with van der Waals surface area (Å²) in [7, 11) is 0. The van der Waals surface area contributed by atoms with Crippen molar-refractivity contribution in [2.24, 2.45) is 0 Å². The molecule has 100 valence electrons. The Hall–Kier alpha value is -0.910. The third kappa shape index (κ3) is 11.4. The number of aliphatic hydroxyl groups excluding tert-OH is 1. The van der Waals surface area contributed by atoms with E-state index in [2.05, 4.69) is 0 Å². The summed E-state index contributed by atoms with van der Waals surface area (Å²) in [6.45, 7) is 4.48. The highest BCUT2D eigenvalue weighted by atomic mass is 16.7. The van der Waals surface area contributed by atoms with Crippen LogP contribution in [0.15, 0.2) is 11.6 Å². The summed E-state index contributed by atoms with van der Waals surface area (Å²) < 4.78 is 10.9. The van der Waals surface area contributed by atoms with E-state index in [0.717, 1.165) is 31.9 Å². The van der Waals surface area contributed by atoms with Crippen molar-refractivity contribution in [1.29, 1.82) is 0 Å². The van der Waals surface area contributed by atoms with E-state index in [9.17, 15) is 0 Å². The van der Waals surface area contributed by atoms with Crippen molar-refractivity contribution in [3.05, 3.63) is 11.6 Å². The Kier molecular flexibility index (Phi) is 9.71. The van der Waals surface area contributed by atoms with E-state index in [4.69, 9.17) is 24.5 Å². The Labute approximate surface area is 102 Å². The van der Waals surface area contributed by atoms with Crippen molar-refractivity contribution in [3.63, 3.8) is 0 Å². The van der Waals surface area contributed by atoms with E-state index < -0.39 is 5.97 Å². The Morgan fingerprint density at radius 2 is 2.12 bits per heavy atom. The van der Waals surface area contributed by atoms with Crippen LogP contribution in [0.4, 0.5) is 0 Å². The van der Waals surface area contributed by atoms with Crippen molar-refractivity contribution < 1.29 is 24.5 Å². The van der Waals surface area contributed by atoms with Crippen LogP contribution >= 0.6 is 0 Å². The first-order valence-corrected chi connectivity index (χ1v) is 5.75. The van der Waals surface area contributed by atoms with E-state index >= 15 is 0 Å². The maximum absolute atomic E-state index is 9.00. The molecule has 1 rings (SSSR count). The zero-order chi connectivity index (χ0) is 13.1. The quantitative estimate of drug-likeness (QED) is 0.736. The Morgan fingerprint density at radius 3 is 2.59 bits per heavy atom. The molecule has 0 spiro atoms. The molecule has 0 aromatic heterocycles. The summed E-state index contributed by atoms with van der Waals surface area (Å²) in [5, 5.41) is 16.0. The van der Waals surface area contributed by atoms with Gasteiger partial charge in [-0.25, -0.2) is 0 Å². The van der Waals surface area contributed by atoms with Gasteiger partial charge in [-0.2, -0.15) is 0 Å². The molecular weight excluding hydrogens is 224 g/mol. The molecule has 17 heavy (non-hydrogen) atoms. The van der Waals surface area contributed by atoms with Crippen LogP contribution in [0.5, 0.6) is 0 Å². The molecule has 2 N–H and O–H groups in total. The fourth-order valence-electron chi connectivity index (χ4n) is 1.28. The van der Waals surface area contributed by atoms with Crippen LogP contribution in [0.1, 0.15) is 33.1 Å². The van der Waals surface area contributed by atoms with Crippen LogP contribution < -0.4 is 0 Å². The summed E-state index contributed by atoms with van der Waals surface area (Å²) in [5.41, 5.74) is 1.05. The van der Waals surface area contributed by atoms with Crippen LogP contribution in [-0.2, 0) is 14.3 Å². The van der Waals surface area contributed by atoms with Gasteiger partial charge in [-0.3, -0.25) is 4.79 Å². The smallest absolute Gasteiger partial charge is 0.300 e. The number of aliphatic hydroxyl groups is 1. The van der Waals surface area contributed by atoms with Gasteiger partial charge in [0.15, 0.2) is 6.29 Å². The number of aliphatic carboxylic acids is 1. The molecule has 0 saturated carbocycles. The molecule has 0 amide bonds. The van der Waals surface area contributed by atoms with Crippen LogP contribution in [0.2, 0.25) is 0 Å². The molecule has 1 unspecified atom stereocenters. The predicted molar refractivity (Wildman–Crippen MR) is 63.7 cm³/mol. The normalized spacial score (nSPS) is 20.4. The first-order chi connectivity index (χ1) is 8.06. The average Bonchev–Trinajstić information content (AvgIpc) is 2.27. The standard InChI is InChI=1S/C10H18O3.C2H4O2/c1-9(5-6-11)8-13-10-4-2-3-7-12-10;1-2(3)4/h5,10-11H,2-4,6-8H2,1H3;1H3,(H,3,4). The van der Waals surface area contributed by atoms with E-state index in [1.165, 1.54) is 6.42 Å². The van der Waals surface area contributed by atoms with Crippen LogP contribution in [-0.4, -0.2) is 42.3 Å². The third-order valence-corrected chi connectivity index (χ3v) is 2.07. The number of carbonyl (C=O) groups is 1. The van der Waals surface area contributed by atoms with Gasteiger partial charge < -0.3 is 19.7 Å². The van der Waals surface area contributed by atoms with Crippen LogP contribution in [0, 0.1) is 0 Å². The van der Waals surface area contributed by atoms with Crippen molar-refractivity contribution >= 4 is 5.97 Å². The van der Waals surface area contributed by atoms with Crippen molar-refractivity contribution in [1.82, 2.24) is 0 Å². The molecule has 0 aromatic carbocycles. The van der Waals surface area contributed by atoms with Gasteiger partial charge in [-0.15, -0.1) is 0 Å². The molecule has 5 heteroatoms. The molecule has 5 nitrogen and oxygen atoms in total. The first kappa shape index (κ1) is 16.1. The molecule has 0 aromatic rings. The Morgan fingerprint density at radius 1 is 1.47 bits per heavy atom. The van der Waals surface area contributed by atoms with Gasteiger partial charge in [-0.1, -0.05) is 6.08 Å². The lowest BCUT2D eigenvalue weighted by Crippen LogP contribution is -2.22. The number of ether oxygens (including phenoxy) is 2. The fraction of sp³-hybridized carbons (Fsp3) is 0.750. The molecular formula is C12H22O5. The van der Waals surface area contributed by atoms with Gasteiger partial charge in [0.1, 0.15) is 0 Å². The maximum Gasteiger partial charge on any atom is 0.300 e. The topological polar surface area (TPSA) is 76.0 Å². The van der Waals surface area contributed by atoms with Crippen LogP contribution in [0.25, 0.3) is 0 Å². The number of rotatable bonds is 4. The molecule has 0 bridgehead atoms. The van der Waals surface area contributed by atoms with Crippen LogP contribution in [0.3, 0.4) is 0 Å². The SMILES string of the molecule is CC(=CCO)COC1CCCCO1.CC(=O)O. The second-order valence-corrected chi connectivity index (χ2v) is 3.86. The van der Waals surface area contributed by atoms with Gasteiger partial charge in [-0.05, 0) is 31.8 Å². The molecule has 1 aliphatic heterocycles. The molecule has 1 fully saturated rings. The van der Waals surface area contributed by atoms with Gasteiger partial charge >= 0.3 is 0 Å². The lowest BCUT2D eigenvalue weighted by atomic mass is 10.2. The summed E-state index contributed by atoms with van der Waals surface area (Å²) in [6, 6.07) is 0. The molecule has 1 aliphatic rings.